The van der Waals surface area contributed by atoms with E-state index in [1.807, 2.05) is 25.1 Å². The second-order valence-corrected chi connectivity index (χ2v) is 4.62. The number of hydrogen-bond acceptors (Lipinski definition) is 2. The number of hydrogen-bond donors (Lipinski definition) is 0. The predicted molar refractivity (Wildman–Crippen MR) is 57.0 cm³/mol. The molecule has 0 atom stereocenters. The molecular weight excluding hydrogens is 204 g/mol. The molecule has 0 aliphatic rings. The SMILES string of the molecule is Cc1cc(C=O)c2sc(Cl)cc2c1. The summed E-state index contributed by atoms with van der Waals surface area (Å²) in [5.41, 5.74) is 1.82. The van der Waals surface area contributed by atoms with Crippen molar-refractivity contribution < 1.29 is 4.79 Å². The molecule has 2 rings (SSSR count). The number of halogens is 1. The smallest absolute Gasteiger partial charge is 0.151 e. The van der Waals surface area contributed by atoms with Crippen LogP contribution in [0, 0.1) is 6.92 Å². The Kier molecular flexibility index (Phi) is 2.10. The third-order valence-electron chi connectivity index (χ3n) is 1.89. The van der Waals surface area contributed by atoms with Crippen LogP contribution in [-0.2, 0) is 0 Å². The van der Waals surface area contributed by atoms with Gasteiger partial charge in [-0.3, -0.25) is 4.79 Å². The monoisotopic (exact) mass is 210 g/mol. The van der Waals surface area contributed by atoms with Gasteiger partial charge in [0.05, 0.1) is 4.34 Å². The van der Waals surface area contributed by atoms with E-state index >= 15 is 0 Å². The van der Waals surface area contributed by atoms with Crippen LogP contribution in [0.3, 0.4) is 0 Å². The highest BCUT2D eigenvalue weighted by Crippen LogP contribution is 2.32. The maximum absolute atomic E-state index is 10.7. The molecule has 0 aliphatic carbocycles. The fraction of sp³-hybridized carbons (Fsp3) is 0.100. The molecule has 66 valence electrons. The Balaban J connectivity index is 2.88. The van der Waals surface area contributed by atoms with Crippen molar-refractivity contribution in [3.63, 3.8) is 0 Å². The third kappa shape index (κ3) is 1.47. The zero-order valence-electron chi connectivity index (χ0n) is 7.00. The van der Waals surface area contributed by atoms with Gasteiger partial charge in [-0.1, -0.05) is 17.7 Å². The summed E-state index contributed by atoms with van der Waals surface area (Å²) in [4.78, 5) is 10.7. The molecule has 1 nitrogen and oxygen atoms in total. The van der Waals surface area contributed by atoms with Gasteiger partial charge in [-0.25, -0.2) is 0 Å². The molecule has 0 unspecified atom stereocenters. The molecule has 0 fully saturated rings. The highest BCUT2D eigenvalue weighted by Gasteiger charge is 2.05. The van der Waals surface area contributed by atoms with Crippen molar-refractivity contribution in [3.8, 4) is 0 Å². The quantitative estimate of drug-likeness (QED) is 0.657. The number of rotatable bonds is 1. The minimum atomic E-state index is 0.726. The van der Waals surface area contributed by atoms with E-state index in [9.17, 15) is 4.79 Å². The summed E-state index contributed by atoms with van der Waals surface area (Å²) in [7, 11) is 0. The van der Waals surface area contributed by atoms with Crippen molar-refractivity contribution in [1.82, 2.24) is 0 Å². The lowest BCUT2D eigenvalue weighted by Gasteiger charge is -1.96. The highest BCUT2D eigenvalue weighted by atomic mass is 35.5. The first-order chi connectivity index (χ1) is 6.20. The minimum absolute atomic E-state index is 0.726. The number of aryl methyl sites for hydroxylation is 1. The topological polar surface area (TPSA) is 17.1 Å². The lowest BCUT2D eigenvalue weighted by molar-refractivity contribution is 0.112. The van der Waals surface area contributed by atoms with Gasteiger partial charge in [0.1, 0.15) is 0 Å². The lowest BCUT2D eigenvalue weighted by Crippen LogP contribution is -1.81. The van der Waals surface area contributed by atoms with E-state index in [0.29, 0.717) is 0 Å². The van der Waals surface area contributed by atoms with Crippen LogP contribution in [0.1, 0.15) is 15.9 Å². The van der Waals surface area contributed by atoms with Gasteiger partial charge in [-0.15, -0.1) is 11.3 Å². The molecule has 0 saturated heterocycles. The van der Waals surface area contributed by atoms with Crippen LogP contribution in [0.2, 0.25) is 4.34 Å². The fourth-order valence-corrected chi connectivity index (χ4v) is 2.58. The number of aldehydes is 1. The van der Waals surface area contributed by atoms with Crippen molar-refractivity contribution in [2.75, 3.05) is 0 Å². The van der Waals surface area contributed by atoms with Gasteiger partial charge in [0.25, 0.3) is 0 Å². The molecule has 3 heteroatoms. The van der Waals surface area contributed by atoms with E-state index in [2.05, 4.69) is 0 Å². The molecule has 0 bridgehead atoms. The summed E-state index contributed by atoms with van der Waals surface area (Å²) < 4.78 is 1.70. The van der Waals surface area contributed by atoms with Gasteiger partial charge in [-0.05, 0) is 30.0 Å². The minimum Gasteiger partial charge on any atom is -0.298 e. The highest BCUT2D eigenvalue weighted by molar-refractivity contribution is 7.23. The number of thiophene rings is 1. The third-order valence-corrected chi connectivity index (χ3v) is 3.22. The standard InChI is InChI=1S/C10H7ClOS/c1-6-2-7-4-9(11)13-10(7)8(3-6)5-12/h2-5H,1H3. The van der Waals surface area contributed by atoms with Crippen molar-refractivity contribution in [3.05, 3.63) is 33.7 Å². The largest absolute Gasteiger partial charge is 0.298 e. The Morgan fingerprint density at radius 1 is 1.38 bits per heavy atom. The maximum atomic E-state index is 10.7. The molecule has 1 aromatic heterocycles. The van der Waals surface area contributed by atoms with Crippen molar-refractivity contribution >= 4 is 39.3 Å². The second kappa shape index (κ2) is 3.13. The molecule has 0 saturated carbocycles. The van der Waals surface area contributed by atoms with E-state index < -0.39 is 0 Å². The second-order valence-electron chi connectivity index (χ2n) is 2.94. The molecule has 0 aliphatic heterocycles. The summed E-state index contributed by atoms with van der Waals surface area (Å²) in [6.07, 6.45) is 0.877. The van der Waals surface area contributed by atoms with Gasteiger partial charge in [-0.2, -0.15) is 0 Å². The van der Waals surface area contributed by atoms with E-state index in [0.717, 1.165) is 31.8 Å². The molecule has 1 heterocycles. The van der Waals surface area contributed by atoms with Gasteiger partial charge in [0.2, 0.25) is 0 Å². The van der Waals surface area contributed by atoms with Crippen LogP contribution in [0.25, 0.3) is 10.1 Å². The van der Waals surface area contributed by atoms with Crippen LogP contribution < -0.4 is 0 Å². The van der Waals surface area contributed by atoms with Crippen LogP contribution in [-0.4, -0.2) is 6.29 Å². The molecule has 2 aromatic rings. The van der Waals surface area contributed by atoms with Crippen molar-refractivity contribution in [2.24, 2.45) is 0 Å². The van der Waals surface area contributed by atoms with Gasteiger partial charge in [0, 0.05) is 10.3 Å². The number of carbonyl (C=O) groups excluding carboxylic acids is 1. The molecule has 0 spiro atoms. The van der Waals surface area contributed by atoms with Crippen LogP contribution in [0.4, 0.5) is 0 Å². The van der Waals surface area contributed by atoms with E-state index in [1.165, 1.54) is 11.3 Å². The molecular formula is C10H7ClOS. The Bertz CT molecular complexity index is 473. The van der Waals surface area contributed by atoms with E-state index in [4.69, 9.17) is 11.6 Å². The molecule has 0 amide bonds. The average Bonchev–Trinajstić information content (AvgIpc) is 2.43. The Labute approximate surface area is 84.9 Å². The Morgan fingerprint density at radius 3 is 2.85 bits per heavy atom. The first-order valence-electron chi connectivity index (χ1n) is 3.85. The molecule has 1 aromatic carbocycles. The van der Waals surface area contributed by atoms with Crippen LogP contribution in [0.5, 0.6) is 0 Å². The number of fused-ring (bicyclic) bond motifs is 1. The normalized spacial score (nSPS) is 10.6. The van der Waals surface area contributed by atoms with E-state index in [1.54, 1.807) is 0 Å². The summed E-state index contributed by atoms with van der Waals surface area (Å²) in [5.74, 6) is 0. The van der Waals surface area contributed by atoms with Crippen molar-refractivity contribution in [1.29, 1.82) is 0 Å². The van der Waals surface area contributed by atoms with Crippen LogP contribution in [0.15, 0.2) is 18.2 Å². The lowest BCUT2D eigenvalue weighted by atomic mass is 10.1. The maximum Gasteiger partial charge on any atom is 0.151 e. The van der Waals surface area contributed by atoms with Gasteiger partial charge < -0.3 is 0 Å². The summed E-state index contributed by atoms with van der Waals surface area (Å²) in [6, 6.07) is 5.80. The van der Waals surface area contributed by atoms with E-state index in [-0.39, 0.29) is 0 Å². The molecule has 0 radical (unpaired) electrons. The predicted octanol–water partition coefficient (Wildman–Crippen LogP) is 3.68. The number of carbonyl (C=O) groups is 1. The summed E-state index contributed by atoms with van der Waals surface area (Å²) in [5, 5.41) is 1.05. The molecule has 13 heavy (non-hydrogen) atoms. The first kappa shape index (κ1) is 8.73. The first-order valence-corrected chi connectivity index (χ1v) is 5.05. The van der Waals surface area contributed by atoms with Crippen molar-refractivity contribution in [2.45, 2.75) is 6.92 Å². The molecule has 0 N–H and O–H groups in total. The average molecular weight is 211 g/mol. The van der Waals surface area contributed by atoms with Gasteiger partial charge >= 0.3 is 0 Å². The van der Waals surface area contributed by atoms with Gasteiger partial charge in [0.15, 0.2) is 6.29 Å². The van der Waals surface area contributed by atoms with Crippen LogP contribution >= 0.6 is 22.9 Å². The summed E-state index contributed by atoms with van der Waals surface area (Å²) in [6.45, 7) is 1.97. The Hall–Kier alpha value is -0.860. The summed E-state index contributed by atoms with van der Waals surface area (Å²) >= 11 is 7.31. The zero-order valence-corrected chi connectivity index (χ0v) is 8.58. The zero-order chi connectivity index (χ0) is 9.42. The Morgan fingerprint density at radius 2 is 2.15 bits per heavy atom. The fourth-order valence-electron chi connectivity index (χ4n) is 1.39. The number of benzene rings is 1.